The van der Waals surface area contributed by atoms with E-state index < -0.39 is 0 Å². The minimum absolute atomic E-state index is 0.130. The molecule has 1 aliphatic heterocycles. The number of nitrogens with one attached hydrogen (secondary N) is 1. The van der Waals surface area contributed by atoms with Crippen molar-refractivity contribution in [1.82, 2.24) is 9.88 Å². The van der Waals surface area contributed by atoms with Crippen LogP contribution in [0.15, 0.2) is 36.4 Å². The smallest absolute Gasteiger partial charge is 0.254 e. The molecule has 1 aliphatic rings. The maximum absolute atomic E-state index is 12.9. The molecule has 3 heteroatoms. The average molecular weight is 318 g/mol. The third kappa shape index (κ3) is 2.41. The minimum Gasteiger partial charge on any atom is -0.358 e. The van der Waals surface area contributed by atoms with E-state index in [0.717, 1.165) is 18.5 Å². The molecule has 0 saturated carbocycles. The summed E-state index contributed by atoms with van der Waals surface area (Å²) in [5, 5.41) is 1.24. The maximum atomic E-state index is 12.9. The average Bonchev–Trinajstić information content (AvgIpc) is 2.93. The van der Waals surface area contributed by atoms with E-state index in [0.29, 0.717) is 6.54 Å². The van der Waals surface area contributed by atoms with Gasteiger partial charge in [-0.1, -0.05) is 18.2 Å². The molecule has 3 aromatic rings. The van der Waals surface area contributed by atoms with Crippen LogP contribution in [0.2, 0.25) is 0 Å². The highest BCUT2D eigenvalue weighted by molar-refractivity contribution is 5.95. The topological polar surface area (TPSA) is 36.1 Å². The highest BCUT2D eigenvalue weighted by atomic mass is 16.2. The summed E-state index contributed by atoms with van der Waals surface area (Å²) in [4.78, 5) is 18.4. The molecule has 0 fully saturated rings. The maximum Gasteiger partial charge on any atom is 0.254 e. The van der Waals surface area contributed by atoms with Crippen LogP contribution in [0.5, 0.6) is 0 Å². The van der Waals surface area contributed by atoms with E-state index in [4.69, 9.17) is 0 Å². The summed E-state index contributed by atoms with van der Waals surface area (Å²) < 4.78 is 0. The van der Waals surface area contributed by atoms with Gasteiger partial charge >= 0.3 is 0 Å². The Kier molecular flexibility index (Phi) is 3.45. The van der Waals surface area contributed by atoms with E-state index in [1.54, 1.807) is 0 Å². The first-order valence-electron chi connectivity index (χ1n) is 8.49. The van der Waals surface area contributed by atoms with Crippen LogP contribution in [-0.2, 0) is 13.0 Å². The highest BCUT2D eigenvalue weighted by Gasteiger charge is 2.24. The van der Waals surface area contributed by atoms with Crippen LogP contribution in [0.3, 0.4) is 0 Å². The zero-order chi connectivity index (χ0) is 16.8. The molecule has 1 amide bonds. The van der Waals surface area contributed by atoms with Crippen LogP contribution in [0.4, 0.5) is 0 Å². The molecule has 24 heavy (non-hydrogen) atoms. The molecular formula is C21H22N2O. The van der Waals surface area contributed by atoms with E-state index in [9.17, 15) is 4.79 Å². The number of hydrogen-bond acceptors (Lipinski definition) is 1. The zero-order valence-electron chi connectivity index (χ0n) is 14.4. The molecule has 4 rings (SSSR count). The fourth-order valence-electron chi connectivity index (χ4n) is 3.57. The van der Waals surface area contributed by atoms with Gasteiger partial charge in [0.2, 0.25) is 0 Å². The van der Waals surface area contributed by atoms with Gasteiger partial charge in [-0.05, 0) is 55.7 Å². The summed E-state index contributed by atoms with van der Waals surface area (Å²) in [6.07, 6.45) is 0.889. The van der Waals surface area contributed by atoms with Gasteiger partial charge in [-0.3, -0.25) is 4.79 Å². The van der Waals surface area contributed by atoms with Gasteiger partial charge in [0.05, 0.1) is 0 Å². The Bertz CT molecular complexity index is 952. The molecule has 3 nitrogen and oxygen atoms in total. The van der Waals surface area contributed by atoms with Crippen molar-refractivity contribution in [3.8, 4) is 0 Å². The zero-order valence-corrected chi connectivity index (χ0v) is 14.4. The van der Waals surface area contributed by atoms with E-state index in [1.165, 1.54) is 38.9 Å². The molecule has 1 N–H and O–H groups in total. The Labute approximate surface area is 142 Å². The fourth-order valence-corrected chi connectivity index (χ4v) is 3.57. The van der Waals surface area contributed by atoms with Crippen LogP contribution >= 0.6 is 0 Å². The van der Waals surface area contributed by atoms with Crippen molar-refractivity contribution >= 4 is 16.8 Å². The fraction of sp³-hybridized carbons (Fsp3) is 0.286. The summed E-state index contributed by atoms with van der Waals surface area (Å²) in [5.41, 5.74) is 8.16. The standard InChI is InChI=1S/C21H22N2O/c1-13-4-7-17-18-12-23(9-8-19(18)22-20(17)10-13)21(24)16-6-5-14(2)15(3)11-16/h4-7,10-11,22H,8-9,12H2,1-3H3. The first kappa shape index (κ1) is 15.0. The van der Waals surface area contributed by atoms with Gasteiger partial charge < -0.3 is 9.88 Å². The van der Waals surface area contributed by atoms with Crippen LogP contribution < -0.4 is 0 Å². The second-order valence-electron chi connectivity index (χ2n) is 6.91. The molecular weight excluding hydrogens is 296 g/mol. The van der Waals surface area contributed by atoms with E-state index >= 15 is 0 Å². The number of hydrogen-bond donors (Lipinski definition) is 1. The third-order valence-corrected chi connectivity index (χ3v) is 5.17. The summed E-state index contributed by atoms with van der Waals surface area (Å²) in [7, 11) is 0. The summed E-state index contributed by atoms with van der Waals surface area (Å²) in [5.74, 6) is 0.130. The minimum atomic E-state index is 0.130. The van der Waals surface area contributed by atoms with Crippen molar-refractivity contribution in [3.05, 3.63) is 69.9 Å². The SMILES string of the molecule is Cc1ccc2c3c([nH]c2c1)CCN(C(=O)c1ccc(C)c(C)c1)C3. The predicted octanol–water partition coefficient (Wildman–Crippen LogP) is 4.29. The van der Waals surface area contributed by atoms with Gasteiger partial charge in [0, 0.05) is 47.2 Å². The third-order valence-electron chi connectivity index (χ3n) is 5.17. The van der Waals surface area contributed by atoms with E-state index in [-0.39, 0.29) is 5.91 Å². The number of rotatable bonds is 1. The monoisotopic (exact) mass is 318 g/mol. The van der Waals surface area contributed by atoms with Gasteiger partial charge in [-0.15, -0.1) is 0 Å². The molecule has 0 bridgehead atoms. The van der Waals surface area contributed by atoms with Crippen LogP contribution in [0.1, 0.15) is 38.3 Å². The Balaban J connectivity index is 1.67. The molecule has 0 atom stereocenters. The summed E-state index contributed by atoms with van der Waals surface area (Å²) in [6, 6.07) is 12.5. The van der Waals surface area contributed by atoms with Gasteiger partial charge in [0.15, 0.2) is 0 Å². The number of aromatic nitrogens is 1. The molecule has 0 radical (unpaired) electrons. The van der Waals surface area contributed by atoms with Crippen molar-refractivity contribution in [2.24, 2.45) is 0 Å². The van der Waals surface area contributed by atoms with Crippen molar-refractivity contribution < 1.29 is 4.79 Å². The van der Waals surface area contributed by atoms with Gasteiger partial charge in [-0.2, -0.15) is 0 Å². The van der Waals surface area contributed by atoms with Crippen molar-refractivity contribution in [2.75, 3.05) is 6.54 Å². The number of H-pyrrole nitrogens is 1. The van der Waals surface area contributed by atoms with Crippen LogP contribution in [0.25, 0.3) is 10.9 Å². The lowest BCUT2D eigenvalue weighted by molar-refractivity contribution is 0.0735. The number of carbonyl (C=O) groups is 1. The lowest BCUT2D eigenvalue weighted by Crippen LogP contribution is -2.35. The number of nitrogens with zero attached hydrogens (tertiary/aromatic N) is 1. The number of aryl methyl sites for hydroxylation is 3. The normalized spacial score (nSPS) is 14.0. The Morgan fingerprint density at radius 2 is 1.88 bits per heavy atom. The Morgan fingerprint density at radius 3 is 2.67 bits per heavy atom. The number of amides is 1. The number of fused-ring (bicyclic) bond motifs is 3. The lowest BCUT2D eigenvalue weighted by atomic mass is 10.0. The molecule has 1 aromatic heterocycles. The largest absolute Gasteiger partial charge is 0.358 e. The van der Waals surface area contributed by atoms with Gasteiger partial charge in [0.1, 0.15) is 0 Å². The first-order chi connectivity index (χ1) is 11.5. The van der Waals surface area contributed by atoms with Crippen LogP contribution in [-0.4, -0.2) is 22.3 Å². The molecule has 0 spiro atoms. The molecule has 0 unspecified atom stereocenters. The predicted molar refractivity (Wildman–Crippen MR) is 97.4 cm³/mol. The van der Waals surface area contributed by atoms with Crippen molar-refractivity contribution in [1.29, 1.82) is 0 Å². The van der Waals surface area contributed by atoms with E-state index in [1.807, 2.05) is 23.1 Å². The molecule has 2 aromatic carbocycles. The molecule has 2 heterocycles. The first-order valence-corrected chi connectivity index (χ1v) is 8.49. The second kappa shape index (κ2) is 5.52. The number of benzene rings is 2. The summed E-state index contributed by atoms with van der Waals surface area (Å²) >= 11 is 0. The van der Waals surface area contributed by atoms with Crippen molar-refractivity contribution in [2.45, 2.75) is 33.7 Å². The van der Waals surface area contributed by atoms with Gasteiger partial charge in [-0.25, -0.2) is 0 Å². The van der Waals surface area contributed by atoms with E-state index in [2.05, 4.69) is 44.0 Å². The lowest BCUT2D eigenvalue weighted by Gasteiger charge is -2.27. The second-order valence-corrected chi connectivity index (χ2v) is 6.91. The Morgan fingerprint density at radius 1 is 1.04 bits per heavy atom. The number of carbonyl (C=O) groups excluding carboxylic acids is 1. The molecule has 0 aliphatic carbocycles. The molecule has 122 valence electrons. The number of aromatic amines is 1. The summed E-state index contributed by atoms with van der Waals surface area (Å²) in [6.45, 7) is 7.69. The van der Waals surface area contributed by atoms with Gasteiger partial charge in [0.25, 0.3) is 5.91 Å². The highest BCUT2D eigenvalue weighted by Crippen LogP contribution is 2.29. The van der Waals surface area contributed by atoms with Crippen LogP contribution in [0, 0.1) is 20.8 Å². The molecule has 0 saturated heterocycles. The van der Waals surface area contributed by atoms with Crippen molar-refractivity contribution in [3.63, 3.8) is 0 Å². The Hall–Kier alpha value is -2.55. The quantitative estimate of drug-likeness (QED) is 0.714.